The molecule has 0 aliphatic carbocycles. The quantitative estimate of drug-likeness (QED) is 0.805. The summed E-state index contributed by atoms with van der Waals surface area (Å²) in [5.74, 6) is -0.395. The van der Waals surface area contributed by atoms with Crippen LogP contribution in [-0.4, -0.2) is 36.3 Å². The van der Waals surface area contributed by atoms with E-state index in [2.05, 4.69) is 10.6 Å². The van der Waals surface area contributed by atoms with Crippen LogP contribution in [-0.2, 0) is 16.1 Å². The van der Waals surface area contributed by atoms with E-state index in [-0.39, 0.29) is 24.4 Å². The third-order valence-corrected chi connectivity index (χ3v) is 4.48. The molecule has 26 heavy (non-hydrogen) atoms. The van der Waals surface area contributed by atoms with Crippen molar-refractivity contribution in [3.8, 4) is 0 Å². The molecular weight excluding hydrogens is 326 g/mol. The monoisotopic (exact) mass is 353 g/mol. The summed E-state index contributed by atoms with van der Waals surface area (Å²) >= 11 is 0. The maximum Gasteiger partial charge on any atom is 0.243 e. The highest BCUT2D eigenvalue weighted by molar-refractivity contribution is 5.96. The van der Waals surface area contributed by atoms with E-state index in [1.54, 1.807) is 0 Å². The number of nitrogens with one attached hydrogen (secondary N) is 2. The molecule has 2 rings (SSSR count). The van der Waals surface area contributed by atoms with Crippen LogP contribution in [0.25, 0.3) is 0 Å². The number of carbonyl (C=O) groups is 2. The number of amides is 2. The number of benzene rings is 2. The third kappa shape index (κ3) is 5.43. The van der Waals surface area contributed by atoms with Crippen LogP contribution in [0.1, 0.15) is 23.6 Å². The van der Waals surface area contributed by atoms with Crippen molar-refractivity contribution in [3.63, 3.8) is 0 Å². The first-order valence-corrected chi connectivity index (χ1v) is 8.76. The van der Waals surface area contributed by atoms with E-state index in [9.17, 15) is 9.59 Å². The van der Waals surface area contributed by atoms with Gasteiger partial charge in [-0.15, -0.1) is 0 Å². The molecule has 0 saturated carbocycles. The fourth-order valence-corrected chi connectivity index (χ4v) is 2.72. The molecule has 0 heterocycles. The van der Waals surface area contributed by atoms with E-state index in [0.717, 1.165) is 22.4 Å². The molecule has 5 heteroatoms. The second-order valence-electron chi connectivity index (χ2n) is 6.61. The minimum absolute atomic E-state index is 0.0455. The van der Waals surface area contributed by atoms with Gasteiger partial charge in [0.1, 0.15) is 0 Å². The molecule has 2 N–H and O–H groups in total. The van der Waals surface area contributed by atoms with Crippen molar-refractivity contribution in [2.45, 2.75) is 33.4 Å². The van der Waals surface area contributed by atoms with Crippen molar-refractivity contribution in [1.82, 2.24) is 10.2 Å². The highest BCUT2D eigenvalue weighted by atomic mass is 16.2. The van der Waals surface area contributed by atoms with Crippen molar-refractivity contribution in [2.24, 2.45) is 0 Å². The number of anilines is 1. The van der Waals surface area contributed by atoms with Crippen LogP contribution in [0.2, 0.25) is 0 Å². The highest BCUT2D eigenvalue weighted by Gasteiger charge is 2.19. The zero-order chi connectivity index (χ0) is 19.1. The van der Waals surface area contributed by atoms with E-state index in [0.29, 0.717) is 6.54 Å². The normalized spacial score (nSPS) is 11.9. The lowest BCUT2D eigenvalue weighted by Gasteiger charge is -2.24. The molecule has 5 nitrogen and oxygen atoms in total. The van der Waals surface area contributed by atoms with Gasteiger partial charge in [-0.05, 0) is 44.5 Å². The molecule has 0 fully saturated rings. The van der Waals surface area contributed by atoms with Gasteiger partial charge in [0.15, 0.2) is 0 Å². The lowest BCUT2D eigenvalue weighted by molar-refractivity contribution is -0.127. The minimum atomic E-state index is -0.330. The van der Waals surface area contributed by atoms with Crippen LogP contribution in [0.15, 0.2) is 48.5 Å². The van der Waals surface area contributed by atoms with Gasteiger partial charge in [-0.2, -0.15) is 0 Å². The number of hydrogen-bond donors (Lipinski definition) is 2. The summed E-state index contributed by atoms with van der Waals surface area (Å²) in [6.07, 6.45) is 0. The Morgan fingerprint density at radius 1 is 1.00 bits per heavy atom. The smallest absolute Gasteiger partial charge is 0.243 e. The van der Waals surface area contributed by atoms with Crippen molar-refractivity contribution in [3.05, 3.63) is 65.2 Å². The third-order valence-electron chi connectivity index (χ3n) is 4.48. The summed E-state index contributed by atoms with van der Waals surface area (Å²) in [5, 5.41) is 5.59. The number of rotatable bonds is 7. The van der Waals surface area contributed by atoms with Crippen LogP contribution in [0.3, 0.4) is 0 Å². The summed E-state index contributed by atoms with van der Waals surface area (Å²) < 4.78 is 0. The van der Waals surface area contributed by atoms with Crippen molar-refractivity contribution in [1.29, 1.82) is 0 Å². The Balaban J connectivity index is 1.84. The zero-order valence-corrected chi connectivity index (χ0v) is 15.9. The zero-order valence-electron chi connectivity index (χ0n) is 15.9. The number of carbonyl (C=O) groups excluding carboxylic acids is 2. The first kappa shape index (κ1) is 19.7. The lowest BCUT2D eigenvalue weighted by atomic mass is 10.1. The maximum absolute atomic E-state index is 12.3. The molecule has 0 bridgehead atoms. The van der Waals surface area contributed by atoms with Crippen LogP contribution >= 0.6 is 0 Å². The largest absolute Gasteiger partial charge is 0.346 e. The number of aryl methyl sites for hydroxylation is 2. The first-order chi connectivity index (χ1) is 12.4. The van der Waals surface area contributed by atoms with Gasteiger partial charge in [-0.25, -0.2) is 0 Å². The average Bonchev–Trinajstić information content (AvgIpc) is 2.63. The molecule has 2 aromatic rings. The Hall–Kier alpha value is -2.66. The predicted octanol–water partition coefficient (Wildman–Crippen LogP) is 2.88. The highest BCUT2D eigenvalue weighted by Crippen LogP contribution is 2.19. The van der Waals surface area contributed by atoms with E-state index in [1.165, 1.54) is 0 Å². The molecule has 0 saturated heterocycles. The molecule has 0 aliphatic rings. The maximum atomic E-state index is 12.3. The summed E-state index contributed by atoms with van der Waals surface area (Å²) in [4.78, 5) is 26.5. The van der Waals surface area contributed by atoms with Crippen molar-refractivity contribution >= 4 is 17.5 Å². The first-order valence-electron chi connectivity index (χ1n) is 8.76. The van der Waals surface area contributed by atoms with E-state index >= 15 is 0 Å². The summed E-state index contributed by atoms with van der Waals surface area (Å²) in [7, 11) is 1.90. The van der Waals surface area contributed by atoms with Gasteiger partial charge in [-0.3, -0.25) is 14.5 Å². The van der Waals surface area contributed by atoms with Gasteiger partial charge in [-0.1, -0.05) is 48.5 Å². The predicted molar refractivity (Wildman–Crippen MR) is 105 cm³/mol. The van der Waals surface area contributed by atoms with E-state index in [1.807, 2.05) is 81.2 Å². The standard InChI is InChI=1S/C21H27N3O2/c1-15-9-8-10-16(2)20(15)23-19(25)13-22-21(26)17(3)24(4)14-18-11-6-5-7-12-18/h5-12,17H,13-14H2,1-4H3,(H,22,26)(H,23,25)/t17-/m1/s1. The molecular formula is C21H27N3O2. The summed E-state index contributed by atoms with van der Waals surface area (Å²) in [6, 6.07) is 15.5. The molecule has 0 spiro atoms. The Labute approximate surface area is 155 Å². The van der Waals surface area contributed by atoms with Gasteiger partial charge in [0.25, 0.3) is 0 Å². The molecule has 0 radical (unpaired) electrons. The van der Waals surface area contributed by atoms with Gasteiger partial charge in [0.05, 0.1) is 12.6 Å². The van der Waals surface area contributed by atoms with Crippen LogP contribution in [0.4, 0.5) is 5.69 Å². The number of nitrogens with zero attached hydrogens (tertiary/aromatic N) is 1. The average molecular weight is 353 g/mol. The lowest BCUT2D eigenvalue weighted by Crippen LogP contribution is -2.45. The molecule has 0 aliphatic heterocycles. The van der Waals surface area contributed by atoms with Gasteiger partial charge < -0.3 is 10.6 Å². The van der Waals surface area contributed by atoms with E-state index in [4.69, 9.17) is 0 Å². The second-order valence-corrected chi connectivity index (χ2v) is 6.61. The van der Waals surface area contributed by atoms with Gasteiger partial charge in [0, 0.05) is 12.2 Å². The molecule has 138 valence electrons. The van der Waals surface area contributed by atoms with Gasteiger partial charge in [0.2, 0.25) is 11.8 Å². The molecule has 1 atom stereocenters. The number of para-hydroxylation sites is 1. The molecule has 2 amide bonds. The molecule has 2 aromatic carbocycles. The van der Waals surface area contributed by atoms with Crippen LogP contribution in [0.5, 0.6) is 0 Å². The van der Waals surface area contributed by atoms with Crippen molar-refractivity contribution in [2.75, 3.05) is 18.9 Å². The Morgan fingerprint density at radius 2 is 1.62 bits per heavy atom. The Kier molecular flexibility index (Phi) is 6.92. The Bertz CT molecular complexity index is 739. The minimum Gasteiger partial charge on any atom is -0.346 e. The van der Waals surface area contributed by atoms with Crippen molar-refractivity contribution < 1.29 is 9.59 Å². The topological polar surface area (TPSA) is 61.4 Å². The fourth-order valence-electron chi connectivity index (χ4n) is 2.72. The summed E-state index contributed by atoms with van der Waals surface area (Å²) in [6.45, 7) is 6.35. The number of likely N-dealkylation sites (N-methyl/N-ethyl adjacent to an activating group) is 1. The van der Waals surface area contributed by atoms with E-state index < -0.39 is 0 Å². The SMILES string of the molecule is Cc1cccc(C)c1NC(=O)CNC(=O)[C@@H](C)N(C)Cc1ccccc1. The number of hydrogen-bond acceptors (Lipinski definition) is 3. The molecule has 0 aromatic heterocycles. The summed E-state index contributed by atoms with van der Waals surface area (Å²) in [5.41, 5.74) is 3.95. The Morgan fingerprint density at radius 3 is 2.23 bits per heavy atom. The van der Waals surface area contributed by atoms with Gasteiger partial charge >= 0.3 is 0 Å². The fraction of sp³-hybridized carbons (Fsp3) is 0.333. The second kappa shape index (κ2) is 9.15. The van der Waals surface area contributed by atoms with Crippen LogP contribution in [0, 0.1) is 13.8 Å². The molecule has 0 unspecified atom stereocenters. The van der Waals surface area contributed by atoms with Crippen LogP contribution < -0.4 is 10.6 Å².